The summed E-state index contributed by atoms with van der Waals surface area (Å²) in [6, 6.07) is 20.4. The number of hydrogen-bond acceptors (Lipinski definition) is 4. The van der Waals surface area contributed by atoms with Crippen molar-refractivity contribution in [1.82, 2.24) is 4.57 Å². The Morgan fingerprint density at radius 1 is 0.969 bits per heavy atom. The average Bonchev–Trinajstić information content (AvgIpc) is 3.20. The second kappa shape index (κ2) is 8.39. The second-order valence-corrected chi connectivity index (χ2v) is 9.26. The Kier molecular flexibility index (Phi) is 5.63. The Morgan fingerprint density at radius 2 is 1.69 bits per heavy atom. The highest BCUT2D eigenvalue weighted by molar-refractivity contribution is 7.92. The van der Waals surface area contributed by atoms with Crippen LogP contribution < -0.4 is 14.4 Å². The van der Waals surface area contributed by atoms with Crippen molar-refractivity contribution in [3.05, 3.63) is 84.6 Å². The number of carbonyl (C=O) groups is 1. The Balaban J connectivity index is 1.57. The molecule has 32 heavy (non-hydrogen) atoms. The summed E-state index contributed by atoms with van der Waals surface area (Å²) in [5.74, 6) is 0.132. The molecule has 0 aliphatic carbocycles. The van der Waals surface area contributed by atoms with Crippen LogP contribution in [0.1, 0.15) is 10.4 Å². The highest BCUT2D eigenvalue weighted by atomic mass is 32.2. The molecule has 8 heteroatoms. The van der Waals surface area contributed by atoms with Crippen molar-refractivity contribution in [2.45, 2.75) is 4.90 Å². The second-order valence-electron chi connectivity index (χ2n) is 7.29. The van der Waals surface area contributed by atoms with E-state index >= 15 is 0 Å². The van der Waals surface area contributed by atoms with Gasteiger partial charge in [0.2, 0.25) is 0 Å². The number of hydrogen-bond donors (Lipinski definition) is 1. The Labute approximate surface area is 186 Å². The van der Waals surface area contributed by atoms with E-state index in [1.807, 2.05) is 42.1 Å². The quantitative estimate of drug-likeness (QED) is 0.477. The minimum Gasteiger partial charge on any atom is -0.495 e. The fraction of sp³-hybridized carbons (Fsp3) is 0.125. The first kappa shape index (κ1) is 21.5. The zero-order chi connectivity index (χ0) is 22.9. The summed E-state index contributed by atoms with van der Waals surface area (Å²) in [7, 11) is 1.06. The average molecular weight is 450 g/mol. The van der Waals surface area contributed by atoms with Crippen LogP contribution in [0, 0.1) is 0 Å². The van der Waals surface area contributed by atoms with E-state index < -0.39 is 10.0 Å². The Bertz CT molecular complexity index is 1390. The van der Waals surface area contributed by atoms with Gasteiger partial charge in [-0.15, -0.1) is 0 Å². The van der Waals surface area contributed by atoms with Crippen LogP contribution in [0.25, 0.3) is 10.9 Å². The molecule has 0 saturated carbocycles. The molecular formula is C24H23N3O4S. The minimum atomic E-state index is -3.83. The number of amides is 1. The molecular weight excluding hydrogens is 426 g/mol. The molecule has 0 unspecified atom stereocenters. The smallest absolute Gasteiger partial charge is 0.264 e. The lowest BCUT2D eigenvalue weighted by atomic mass is 10.2. The molecule has 0 aliphatic heterocycles. The number of aryl methyl sites for hydroxylation is 1. The topological polar surface area (TPSA) is 80.6 Å². The van der Waals surface area contributed by atoms with Crippen LogP contribution in [0.3, 0.4) is 0 Å². The predicted octanol–water partition coefficient (Wildman–Crippen LogP) is 4.26. The van der Waals surface area contributed by atoms with Gasteiger partial charge in [-0.1, -0.05) is 18.2 Å². The number of carbonyl (C=O) groups excluding carboxylic acids is 1. The molecule has 1 heterocycles. The minimum absolute atomic E-state index is 0.0765. The molecule has 164 valence electrons. The number of nitrogens with one attached hydrogen (secondary N) is 1. The zero-order valence-corrected chi connectivity index (χ0v) is 18.8. The lowest BCUT2D eigenvalue weighted by Crippen LogP contribution is -2.27. The monoisotopic (exact) mass is 449 g/mol. The molecule has 0 radical (unpaired) electrons. The standard InChI is InChI=1S/C24H23N3O4S/c1-26-16-15-19-20(7-6-9-21(19)26)25-24(28)17-11-13-18(14-12-17)32(29,30)27(2)22-8-4-5-10-23(22)31-3/h4-16H,1-3H3,(H,25,28). The zero-order valence-electron chi connectivity index (χ0n) is 17.9. The molecule has 1 aromatic heterocycles. The van der Waals surface area contributed by atoms with E-state index in [2.05, 4.69) is 5.32 Å². The van der Waals surface area contributed by atoms with Gasteiger partial charge in [-0.25, -0.2) is 8.42 Å². The highest BCUT2D eigenvalue weighted by Crippen LogP contribution is 2.31. The van der Waals surface area contributed by atoms with Crippen molar-refractivity contribution in [2.24, 2.45) is 7.05 Å². The number of methoxy groups -OCH3 is 1. The first-order valence-corrected chi connectivity index (χ1v) is 11.3. The number of sulfonamides is 1. The van der Waals surface area contributed by atoms with Crippen molar-refractivity contribution in [3.8, 4) is 5.75 Å². The van der Waals surface area contributed by atoms with E-state index in [0.717, 1.165) is 15.2 Å². The number of para-hydroxylation sites is 2. The Hall–Kier alpha value is -3.78. The number of nitrogens with zero attached hydrogens (tertiary/aromatic N) is 2. The maximum Gasteiger partial charge on any atom is 0.264 e. The molecule has 0 fully saturated rings. The van der Waals surface area contributed by atoms with E-state index in [1.165, 1.54) is 38.4 Å². The van der Waals surface area contributed by atoms with Gasteiger partial charge in [-0.2, -0.15) is 0 Å². The van der Waals surface area contributed by atoms with E-state index in [0.29, 0.717) is 22.7 Å². The van der Waals surface area contributed by atoms with Crippen molar-refractivity contribution >= 4 is 38.2 Å². The first-order chi connectivity index (χ1) is 15.3. The maximum absolute atomic E-state index is 13.1. The fourth-order valence-corrected chi connectivity index (χ4v) is 4.77. The van der Waals surface area contributed by atoms with Gasteiger partial charge in [-0.05, 0) is 54.6 Å². The van der Waals surface area contributed by atoms with Crippen molar-refractivity contribution in [1.29, 1.82) is 0 Å². The van der Waals surface area contributed by atoms with Gasteiger partial charge in [0.15, 0.2) is 0 Å². The van der Waals surface area contributed by atoms with E-state index in [-0.39, 0.29) is 10.8 Å². The molecule has 4 rings (SSSR count). The lowest BCUT2D eigenvalue weighted by molar-refractivity contribution is 0.102. The summed E-state index contributed by atoms with van der Waals surface area (Å²) in [5, 5.41) is 3.84. The van der Waals surface area contributed by atoms with Crippen LogP contribution >= 0.6 is 0 Å². The highest BCUT2D eigenvalue weighted by Gasteiger charge is 2.24. The van der Waals surface area contributed by atoms with Crippen LogP contribution in [0.15, 0.2) is 83.9 Å². The third kappa shape index (κ3) is 3.80. The summed E-state index contributed by atoms with van der Waals surface area (Å²) in [5.41, 5.74) is 2.48. The van der Waals surface area contributed by atoms with Crippen LogP contribution in [0.2, 0.25) is 0 Å². The number of fused-ring (bicyclic) bond motifs is 1. The van der Waals surface area contributed by atoms with Crippen LogP contribution in [0.4, 0.5) is 11.4 Å². The molecule has 3 aromatic carbocycles. The molecule has 0 saturated heterocycles. The molecule has 0 atom stereocenters. The van der Waals surface area contributed by atoms with Gasteiger partial charge < -0.3 is 14.6 Å². The molecule has 0 spiro atoms. The number of benzene rings is 3. The van der Waals surface area contributed by atoms with E-state index in [1.54, 1.807) is 24.3 Å². The van der Waals surface area contributed by atoms with E-state index in [9.17, 15) is 13.2 Å². The van der Waals surface area contributed by atoms with Gasteiger partial charge in [0.25, 0.3) is 15.9 Å². The summed E-state index contributed by atoms with van der Waals surface area (Å²) in [6.45, 7) is 0. The SMILES string of the molecule is COc1ccccc1N(C)S(=O)(=O)c1ccc(C(=O)Nc2cccc3c2ccn3C)cc1. The lowest BCUT2D eigenvalue weighted by Gasteiger charge is -2.21. The third-order valence-electron chi connectivity index (χ3n) is 5.38. The Morgan fingerprint density at radius 3 is 2.41 bits per heavy atom. The van der Waals surface area contributed by atoms with Gasteiger partial charge in [0.1, 0.15) is 5.75 Å². The number of rotatable bonds is 6. The van der Waals surface area contributed by atoms with Gasteiger partial charge in [-0.3, -0.25) is 9.10 Å². The van der Waals surface area contributed by atoms with Crippen molar-refractivity contribution in [3.63, 3.8) is 0 Å². The molecule has 4 aromatic rings. The predicted molar refractivity (Wildman–Crippen MR) is 126 cm³/mol. The van der Waals surface area contributed by atoms with Gasteiger partial charge in [0, 0.05) is 36.8 Å². The van der Waals surface area contributed by atoms with Crippen LogP contribution in [-0.2, 0) is 17.1 Å². The van der Waals surface area contributed by atoms with Gasteiger partial charge >= 0.3 is 0 Å². The van der Waals surface area contributed by atoms with Crippen LogP contribution in [0.5, 0.6) is 5.75 Å². The summed E-state index contributed by atoms with van der Waals surface area (Å²) in [4.78, 5) is 12.8. The van der Waals surface area contributed by atoms with Crippen LogP contribution in [-0.4, -0.2) is 33.0 Å². The first-order valence-electron chi connectivity index (χ1n) is 9.90. The van der Waals surface area contributed by atoms with Crippen molar-refractivity contribution in [2.75, 3.05) is 23.8 Å². The molecule has 7 nitrogen and oxygen atoms in total. The summed E-state index contributed by atoms with van der Waals surface area (Å²) < 4.78 is 34.6. The number of aromatic nitrogens is 1. The van der Waals surface area contributed by atoms with Gasteiger partial charge in [0.05, 0.1) is 23.4 Å². The molecule has 1 N–H and O–H groups in total. The normalized spacial score (nSPS) is 11.3. The third-order valence-corrected chi connectivity index (χ3v) is 7.16. The fourth-order valence-electron chi connectivity index (χ4n) is 3.56. The molecule has 0 aliphatic rings. The molecule has 0 bridgehead atoms. The number of anilines is 2. The summed E-state index contributed by atoms with van der Waals surface area (Å²) >= 11 is 0. The number of ether oxygens (including phenoxy) is 1. The van der Waals surface area contributed by atoms with Crippen molar-refractivity contribution < 1.29 is 17.9 Å². The summed E-state index contributed by atoms with van der Waals surface area (Å²) in [6.07, 6.45) is 1.93. The largest absolute Gasteiger partial charge is 0.495 e. The van der Waals surface area contributed by atoms with E-state index in [4.69, 9.17) is 4.74 Å². The molecule has 1 amide bonds. The maximum atomic E-state index is 13.1.